The number of rotatable bonds is 10. The number of benzene rings is 1. The van der Waals surface area contributed by atoms with Crippen molar-refractivity contribution in [1.82, 2.24) is 29.8 Å². The van der Waals surface area contributed by atoms with Crippen molar-refractivity contribution in [3.05, 3.63) is 39.5 Å². The molecule has 1 unspecified atom stereocenters. The van der Waals surface area contributed by atoms with Crippen molar-refractivity contribution in [1.29, 1.82) is 0 Å². The molecule has 0 aliphatic heterocycles. The van der Waals surface area contributed by atoms with Gasteiger partial charge in [-0.2, -0.15) is 0 Å². The second kappa shape index (κ2) is 10.0. The highest BCUT2D eigenvalue weighted by Crippen LogP contribution is 2.37. The fraction of sp³-hybridized carbons (Fsp3) is 0.522. The average Bonchev–Trinajstić information content (AvgIpc) is 3.48. The zero-order valence-electron chi connectivity index (χ0n) is 19.1. The van der Waals surface area contributed by atoms with E-state index in [0.717, 1.165) is 46.5 Å². The Morgan fingerprint density at radius 3 is 2.78 bits per heavy atom. The van der Waals surface area contributed by atoms with Gasteiger partial charge in [-0.1, -0.05) is 16.8 Å². The molecule has 0 bridgehead atoms. The minimum atomic E-state index is 0.515. The fourth-order valence-corrected chi connectivity index (χ4v) is 4.23. The van der Waals surface area contributed by atoms with Crippen LogP contribution in [0.3, 0.4) is 0 Å². The van der Waals surface area contributed by atoms with Gasteiger partial charge in [0.05, 0.1) is 15.0 Å². The van der Waals surface area contributed by atoms with Gasteiger partial charge >= 0.3 is 0 Å². The topological polar surface area (TPSA) is 59.3 Å². The van der Waals surface area contributed by atoms with Gasteiger partial charge in [0.1, 0.15) is 11.3 Å². The SMILES string of the molecule is CC(CCN(C)Cc1cc(Cl)cnc1Oc1ccc2c(nnn2CC2CC2)c1Br)N(C)C. The maximum absolute atomic E-state index is 6.26. The summed E-state index contributed by atoms with van der Waals surface area (Å²) in [6.07, 6.45) is 5.24. The number of pyridine rings is 1. The summed E-state index contributed by atoms with van der Waals surface area (Å²) in [7, 11) is 6.32. The van der Waals surface area contributed by atoms with Crippen molar-refractivity contribution < 1.29 is 4.74 Å². The molecule has 2 heterocycles. The highest BCUT2D eigenvalue weighted by atomic mass is 79.9. The smallest absolute Gasteiger partial charge is 0.223 e. The molecular formula is C23H30BrClN6O. The van der Waals surface area contributed by atoms with Crippen molar-refractivity contribution in [3.63, 3.8) is 0 Å². The predicted octanol–water partition coefficient (Wildman–Crippen LogP) is 5.22. The molecule has 0 N–H and O–H groups in total. The van der Waals surface area contributed by atoms with Gasteiger partial charge in [-0.25, -0.2) is 9.67 Å². The Labute approximate surface area is 202 Å². The Kier molecular flexibility index (Phi) is 7.34. The van der Waals surface area contributed by atoms with Gasteiger partial charge in [0, 0.05) is 30.9 Å². The molecule has 1 fully saturated rings. The van der Waals surface area contributed by atoms with E-state index in [-0.39, 0.29) is 0 Å². The Morgan fingerprint density at radius 1 is 1.28 bits per heavy atom. The maximum Gasteiger partial charge on any atom is 0.223 e. The average molecular weight is 522 g/mol. The number of ether oxygens (including phenoxy) is 1. The van der Waals surface area contributed by atoms with Crippen LogP contribution in [0.25, 0.3) is 11.0 Å². The van der Waals surface area contributed by atoms with Crippen LogP contribution in [0.1, 0.15) is 31.7 Å². The van der Waals surface area contributed by atoms with Gasteiger partial charge in [0.15, 0.2) is 0 Å². The summed E-state index contributed by atoms with van der Waals surface area (Å²) in [5.74, 6) is 1.94. The maximum atomic E-state index is 6.26. The predicted molar refractivity (Wildman–Crippen MR) is 131 cm³/mol. The van der Waals surface area contributed by atoms with Crippen LogP contribution in [0, 0.1) is 5.92 Å². The molecule has 1 saturated carbocycles. The number of nitrogens with zero attached hydrogens (tertiary/aromatic N) is 6. The quantitative estimate of drug-likeness (QED) is 0.365. The molecule has 1 aromatic carbocycles. The largest absolute Gasteiger partial charge is 0.437 e. The van der Waals surface area contributed by atoms with Crippen molar-refractivity contribution in [3.8, 4) is 11.6 Å². The van der Waals surface area contributed by atoms with Gasteiger partial charge in [-0.05, 0) is 93.9 Å². The molecule has 0 radical (unpaired) electrons. The lowest BCUT2D eigenvalue weighted by Gasteiger charge is -2.24. The summed E-state index contributed by atoms with van der Waals surface area (Å²) in [5, 5.41) is 9.31. The lowest BCUT2D eigenvalue weighted by molar-refractivity contribution is 0.244. The summed E-state index contributed by atoms with van der Waals surface area (Å²) < 4.78 is 9.01. The van der Waals surface area contributed by atoms with E-state index in [9.17, 15) is 0 Å². The van der Waals surface area contributed by atoms with E-state index in [4.69, 9.17) is 16.3 Å². The van der Waals surface area contributed by atoms with Crippen LogP contribution in [-0.4, -0.2) is 63.5 Å². The molecule has 0 amide bonds. The molecule has 3 aromatic rings. The molecule has 32 heavy (non-hydrogen) atoms. The number of fused-ring (bicyclic) bond motifs is 1. The Bertz CT molecular complexity index is 1080. The Morgan fingerprint density at radius 2 is 2.06 bits per heavy atom. The number of hydrogen-bond acceptors (Lipinski definition) is 6. The summed E-state index contributed by atoms with van der Waals surface area (Å²) in [4.78, 5) is 8.97. The van der Waals surface area contributed by atoms with E-state index in [1.165, 1.54) is 12.8 Å². The standard InChI is InChI=1S/C23H30BrClN6O/c1-15(29(2)3)9-10-30(4)14-17-11-18(25)12-26-23(17)32-20-8-7-19-22(21(20)24)27-28-31(19)13-16-5-6-16/h7-8,11-12,15-16H,5-6,9-10,13-14H2,1-4H3. The minimum absolute atomic E-state index is 0.515. The highest BCUT2D eigenvalue weighted by molar-refractivity contribution is 9.10. The number of hydrogen-bond donors (Lipinski definition) is 0. The van der Waals surface area contributed by atoms with Crippen molar-refractivity contribution in [2.24, 2.45) is 5.92 Å². The molecule has 0 spiro atoms. The van der Waals surface area contributed by atoms with Gasteiger partial charge < -0.3 is 14.5 Å². The van der Waals surface area contributed by atoms with Crippen LogP contribution in [-0.2, 0) is 13.1 Å². The zero-order valence-corrected chi connectivity index (χ0v) is 21.4. The highest BCUT2D eigenvalue weighted by Gasteiger charge is 2.24. The number of halogens is 2. The molecular weight excluding hydrogens is 492 g/mol. The van der Waals surface area contributed by atoms with Crippen LogP contribution in [0.2, 0.25) is 5.02 Å². The molecule has 1 aliphatic carbocycles. The van der Waals surface area contributed by atoms with Crippen LogP contribution in [0.4, 0.5) is 0 Å². The van der Waals surface area contributed by atoms with E-state index < -0.39 is 0 Å². The summed E-state index contributed by atoms with van der Waals surface area (Å²) in [6.45, 7) is 4.81. The first-order valence-electron chi connectivity index (χ1n) is 11.0. The Hall–Kier alpha value is -1.74. The van der Waals surface area contributed by atoms with Crippen LogP contribution >= 0.6 is 27.5 Å². The summed E-state index contributed by atoms with van der Waals surface area (Å²) in [6, 6.07) is 6.40. The zero-order chi connectivity index (χ0) is 22.8. The minimum Gasteiger partial charge on any atom is -0.437 e. The van der Waals surface area contributed by atoms with E-state index in [0.29, 0.717) is 29.2 Å². The van der Waals surface area contributed by atoms with E-state index in [1.54, 1.807) is 6.20 Å². The first-order chi connectivity index (χ1) is 15.3. The normalized spacial score (nSPS) is 15.1. The van der Waals surface area contributed by atoms with Gasteiger partial charge in [-0.3, -0.25) is 0 Å². The lowest BCUT2D eigenvalue weighted by atomic mass is 10.2. The molecule has 1 aliphatic rings. The second-order valence-electron chi connectivity index (χ2n) is 9.02. The van der Waals surface area contributed by atoms with Gasteiger partial charge in [-0.15, -0.1) is 5.10 Å². The van der Waals surface area contributed by atoms with E-state index >= 15 is 0 Å². The third-order valence-electron chi connectivity index (χ3n) is 6.07. The Balaban J connectivity index is 1.51. The lowest BCUT2D eigenvalue weighted by Crippen LogP contribution is -2.30. The monoisotopic (exact) mass is 520 g/mol. The van der Waals surface area contributed by atoms with Crippen LogP contribution in [0.5, 0.6) is 11.6 Å². The van der Waals surface area contributed by atoms with Gasteiger partial charge in [0.2, 0.25) is 5.88 Å². The third kappa shape index (κ3) is 5.60. The fourth-order valence-electron chi connectivity index (χ4n) is 3.56. The second-order valence-corrected chi connectivity index (χ2v) is 10.2. The van der Waals surface area contributed by atoms with Crippen molar-refractivity contribution in [2.45, 2.75) is 45.3 Å². The number of aromatic nitrogens is 4. The van der Waals surface area contributed by atoms with Gasteiger partial charge in [0.25, 0.3) is 0 Å². The molecule has 4 rings (SSSR count). The summed E-state index contributed by atoms with van der Waals surface area (Å²) >= 11 is 9.93. The molecule has 1 atom stereocenters. The molecule has 172 valence electrons. The molecule has 9 heteroatoms. The van der Waals surface area contributed by atoms with Crippen molar-refractivity contribution in [2.75, 3.05) is 27.7 Å². The third-order valence-corrected chi connectivity index (χ3v) is 7.04. The first-order valence-corrected chi connectivity index (χ1v) is 12.2. The van der Waals surface area contributed by atoms with Crippen molar-refractivity contribution >= 4 is 38.6 Å². The van der Waals surface area contributed by atoms with E-state index in [1.807, 2.05) is 22.9 Å². The van der Waals surface area contributed by atoms with Crippen LogP contribution in [0.15, 0.2) is 28.9 Å². The van der Waals surface area contributed by atoms with Crippen LogP contribution < -0.4 is 4.74 Å². The van der Waals surface area contributed by atoms with E-state index in [2.05, 4.69) is 69.1 Å². The molecule has 7 nitrogen and oxygen atoms in total. The molecule has 0 saturated heterocycles. The first kappa shape index (κ1) is 23.4. The summed E-state index contributed by atoms with van der Waals surface area (Å²) in [5.41, 5.74) is 2.76. The molecule has 2 aromatic heterocycles.